The predicted octanol–water partition coefficient (Wildman–Crippen LogP) is 6.12. The molecule has 3 aliphatic rings. The third kappa shape index (κ3) is 6.05. The summed E-state index contributed by atoms with van der Waals surface area (Å²) < 4.78 is 39.0. The van der Waals surface area contributed by atoms with Gasteiger partial charge in [-0.1, -0.05) is 36.2 Å². The summed E-state index contributed by atoms with van der Waals surface area (Å²) in [5, 5.41) is 0.877. The Bertz CT molecular complexity index is 1260. The summed E-state index contributed by atoms with van der Waals surface area (Å²) in [6.45, 7) is 4.70. The Morgan fingerprint density at radius 3 is 2.33 bits per heavy atom. The molecule has 1 aromatic heterocycles. The predicted molar refractivity (Wildman–Crippen MR) is 148 cm³/mol. The molecule has 5 rings (SSSR count). The number of alkyl halides is 3. The zero-order valence-electron chi connectivity index (χ0n) is 22.6. The molecule has 216 valence electrons. The highest BCUT2D eigenvalue weighted by atomic mass is 35.5. The Hall–Kier alpha value is -2.52. The number of aromatic nitrogens is 1. The van der Waals surface area contributed by atoms with Crippen LogP contribution >= 0.6 is 23.2 Å². The fourth-order valence-electron chi connectivity index (χ4n) is 5.95. The molecule has 2 atom stereocenters. The third-order valence-electron chi connectivity index (χ3n) is 8.75. The van der Waals surface area contributed by atoms with E-state index >= 15 is 0 Å². The number of hydrogen-bond donors (Lipinski definition) is 0. The quantitative estimate of drug-likeness (QED) is 0.403. The molecule has 2 aromatic rings. The van der Waals surface area contributed by atoms with Crippen molar-refractivity contribution in [3.8, 4) is 0 Å². The number of anilines is 1. The smallest absolute Gasteiger partial charge is 0.359 e. The number of carbonyl (C=O) groups excluding carboxylic acids is 2. The summed E-state index contributed by atoms with van der Waals surface area (Å²) in [5.41, 5.74) is -0.0448. The number of amides is 2. The van der Waals surface area contributed by atoms with Crippen LogP contribution in [0.4, 0.5) is 19.0 Å². The molecule has 11 heteroatoms. The van der Waals surface area contributed by atoms with Crippen LogP contribution in [-0.2, 0) is 15.8 Å². The van der Waals surface area contributed by atoms with E-state index < -0.39 is 11.7 Å². The molecule has 2 saturated heterocycles. The molecule has 0 N–H and O–H groups in total. The van der Waals surface area contributed by atoms with Gasteiger partial charge in [-0.05, 0) is 55.5 Å². The van der Waals surface area contributed by atoms with Crippen molar-refractivity contribution in [3.63, 3.8) is 0 Å². The Balaban J connectivity index is 1.29. The van der Waals surface area contributed by atoms with Crippen molar-refractivity contribution in [1.82, 2.24) is 14.8 Å². The average molecular weight is 598 g/mol. The standard InChI is InChI=1S/C29H33Cl2F3N4O2/c1-28(9-10-28)27(40)37-11-7-18(8-12-37)26(39)38-16-20(22(17-38)19-3-5-23(30)24(31)13-19)15-36(2)25-6-4-21(14-35-25)29(32,33)34/h3-6,13-14,18,20,22H,7-12,15-17H2,1-2H3/t20-,22?/m0/s1. The number of pyridine rings is 1. The summed E-state index contributed by atoms with van der Waals surface area (Å²) in [6.07, 6.45) is -0.440. The lowest BCUT2D eigenvalue weighted by Gasteiger charge is -2.34. The van der Waals surface area contributed by atoms with Crippen molar-refractivity contribution >= 4 is 40.8 Å². The second-order valence-corrected chi connectivity index (χ2v) is 12.5. The first-order valence-corrected chi connectivity index (χ1v) is 14.4. The first-order valence-electron chi connectivity index (χ1n) is 13.6. The van der Waals surface area contributed by atoms with Gasteiger partial charge >= 0.3 is 6.18 Å². The zero-order valence-corrected chi connectivity index (χ0v) is 24.1. The van der Waals surface area contributed by atoms with Crippen molar-refractivity contribution < 1.29 is 22.8 Å². The normalized spacial score (nSPS) is 22.9. The van der Waals surface area contributed by atoms with Crippen molar-refractivity contribution in [2.45, 2.75) is 44.7 Å². The van der Waals surface area contributed by atoms with Crippen LogP contribution in [0.25, 0.3) is 0 Å². The molecule has 40 heavy (non-hydrogen) atoms. The Labute approximate surface area is 242 Å². The molecular formula is C29H33Cl2F3N4O2. The molecule has 0 bridgehead atoms. The summed E-state index contributed by atoms with van der Waals surface area (Å²) in [7, 11) is 1.79. The number of piperidine rings is 1. The minimum Gasteiger partial charge on any atom is -0.359 e. The van der Waals surface area contributed by atoms with Crippen molar-refractivity contribution in [2.24, 2.45) is 17.3 Å². The molecule has 0 spiro atoms. The maximum Gasteiger partial charge on any atom is 0.417 e. The lowest BCUT2D eigenvalue weighted by Crippen LogP contribution is -2.46. The van der Waals surface area contributed by atoms with Crippen LogP contribution in [0.2, 0.25) is 10.0 Å². The van der Waals surface area contributed by atoms with Crippen LogP contribution in [-0.4, -0.2) is 66.4 Å². The molecule has 2 amide bonds. The number of rotatable bonds is 6. The second-order valence-electron chi connectivity index (χ2n) is 11.7. The van der Waals surface area contributed by atoms with E-state index in [-0.39, 0.29) is 35.0 Å². The molecule has 1 unspecified atom stereocenters. The van der Waals surface area contributed by atoms with E-state index in [9.17, 15) is 22.8 Å². The summed E-state index contributed by atoms with van der Waals surface area (Å²) in [6, 6.07) is 7.88. The van der Waals surface area contributed by atoms with E-state index in [2.05, 4.69) is 4.98 Å². The lowest BCUT2D eigenvalue weighted by atomic mass is 9.88. The second kappa shape index (κ2) is 11.0. The number of benzene rings is 1. The lowest BCUT2D eigenvalue weighted by molar-refractivity contribution is -0.142. The number of likely N-dealkylation sites (tertiary alicyclic amines) is 2. The molecule has 6 nitrogen and oxygen atoms in total. The van der Waals surface area contributed by atoms with Crippen molar-refractivity contribution in [2.75, 3.05) is 44.7 Å². The highest BCUT2D eigenvalue weighted by Gasteiger charge is 2.48. The number of nitrogens with zero attached hydrogens (tertiary/aromatic N) is 4. The first-order chi connectivity index (χ1) is 18.9. The van der Waals surface area contributed by atoms with E-state index in [1.807, 2.05) is 33.8 Å². The van der Waals surface area contributed by atoms with Gasteiger partial charge in [-0.25, -0.2) is 4.98 Å². The maximum atomic E-state index is 13.7. The Morgan fingerprint density at radius 1 is 1.05 bits per heavy atom. The van der Waals surface area contributed by atoms with Gasteiger partial charge in [-0.3, -0.25) is 9.59 Å². The topological polar surface area (TPSA) is 56.8 Å². The van der Waals surface area contributed by atoms with Gasteiger partial charge in [0.15, 0.2) is 0 Å². The molecule has 0 radical (unpaired) electrons. The van der Waals surface area contributed by atoms with Crippen LogP contribution in [0, 0.1) is 17.3 Å². The van der Waals surface area contributed by atoms with Gasteiger partial charge < -0.3 is 14.7 Å². The number of halogens is 5. The highest BCUT2D eigenvalue weighted by Crippen LogP contribution is 2.47. The average Bonchev–Trinajstić information content (AvgIpc) is 3.55. The van der Waals surface area contributed by atoms with Gasteiger partial charge in [-0.15, -0.1) is 0 Å². The molecule has 2 aliphatic heterocycles. The number of carbonyl (C=O) groups is 2. The largest absolute Gasteiger partial charge is 0.417 e. The van der Waals surface area contributed by atoms with E-state index in [0.717, 1.165) is 30.7 Å². The summed E-state index contributed by atoms with van der Waals surface area (Å²) in [5.74, 6) is 0.538. The monoisotopic (exact) mass is 596 g/mol. The number of hydrogen-bond acceptors (Lipinski definition) is 4. The van der Waals surface area contributed by atoms with Crippen LogP contribution in [0.3, 0.4) is 0 Å². The van der Waals surface area contributed by atoms with E-state index in [1.165, 1.54) is 6.07 Å². The van der Waals surface area contributed by atoms with Crippen LogP contribution in [0.15, 0.2) is 36.5 Å². The van der Waals surface area contributed by atoms with Crippen molar-refractivity contribution in [1.29, 1.82) is 0 Å². The Kier molecular flexibility index (Phi) is 8.00. The molecule has 3 fully saturated rings. The molecular weight excluding hydrogens is 564 g/mol. The maximum absolute atomic E-state index is 13.7. The third-order valence-corrected chi connectivity index (χ3v) is 9.49. The molecule has 3 heterocycles. The fourth-order valence-corrected chi connectivity index (χ4v) is 6.26. The van der Waals surface area contributed by atoms with Crippen molar-refractivity contribution in [3.05, 3.63) is 57.7 Å². The first kappa shape index (κ1) is 29.0. The molecule has 1 aromatic carbocycles. The van der Waals surface area contributed by atoms with Crippen LogP contribution in [0.5, 0.6) is 0 Å². The summed E-state index contributed by atoms with van der Waals surface area (Å²) >= 11 is 12.5. The van der Waals surface area contributed by atoms with Gasteiger partial charge in [0.05, 0.1) is 15.6 Å². The van der Waals surface area contributed by atoms with Crippen LogP contribution in [0.1, 0.15) is 49.7 Å². The van der Waals surface area contributed by atoms with E-state index in [0.29, 0.717) is 61.4 Å². The molecule has 1 saturated carbocycles. The van der Waals surface area contributed by atoms with Gasteiger partial charge in [0.1, 0.15) is 5.82 Å². The van der Waals surface area contributed by atoms with Gasteiger partial charge in [0, 0.05) is 69.1 Å². The Morgan fingerprint density at radius 2 is 1.75 bits per heavy atom. The van der Waals surface area contributed by atoms with E-state index in [4.69, 9.17) is 23.2 Å². The minimum absolute atomic E-state index is 0.00762. The van der Waals surface area contributed by atoms with Gasteiger partial charge in [0.2, 0.25) is 11.8 Å². The molecule has 1 aliphatic carbocycles. The van der Waals surface area contributed by atoms with E-state index in [1.54, 1.807) is 13.1 Å². The summed E-state index contributed by atoms with van der Waals surface area (Å²) in [4.78, 5) is 36.1. The SMILES string of the molecule is CN(C[C@H]1CN(C(=O)C2CCN(C(=O)C3(C)CC3)CC2)CC1c1ccc(Cl)c(Cl)c1)c1ccc(C(F)(F)F)cn1. The van der Waals surface area contributed by atoms with Gasteiger partial charge in [0.25, 0.3) is 0 Å². The van der Waals surface area contributed by atoms with Gasteiger partial charge in [-0.2, -0.15) is 13.2 Å². The highest BCUT2D eigenvalue weighted by molar-refractivity contribution is 6.42. The van der Waals surface area contributed by atoms with Crippen LogP contribution < -0.4 is 4.90 Å². The minimum atomic E-state index is -4.45. The fraction of sp³-hybridized carbons (Fsp3) is 0.552. The zero-order chi connectivity index (χ0) is 28.8.